The molecule has 0 bridgehead atoms. The lowest BCUT2D eigenvalue weighted by atomic mass is 10.1. The van der Waals surface area contributed by atoms with E-state index in [4.69, 9.17) is 16.3 Å². The normalized spacial score (nSPS) is 12.3. The van der Waals surface area contributed by atoms with Gasteiger partial charge in [-0.3, -0.25) is 29.3 Å². The van der Waals surface area contributed by atoms with Crippen LogP contribution in [0.25, 0.3) is 10.8 Å². The molecule has 1 heterocycles. The highest BCUT2D eigenvalue weighted by molar-refractivity contribution is 6.31. The van der Waals surface area contributed by atoms with Gasteiger partial charge in [-0.2, -0.15) is 8.78 Å². The first-order chi connectivity index (χ1) is 22.7. The molecule has 4 aromatic rings. The average molecular weight is 691 g/mol. The molecule has 1 N–H and O–H groups in total. The molecule has 16 heteroatoms. The number of pyridine rings is 1. The number of benzene rings is 3. The lowest BCUT2D eigenvalue weighted by Crippen LogP contribution is -2.49. The summed E-state index contributed by atoms with van der Waals surface area (Å²) >= 11 is 6.05. The summed E-state index contributed by atoms with van der Waals surface area (Å²) in [6, 6.07) is 8.06. The molecule has 0 saturated heterocycles. The van der Waals surface area contributed by atoms with Crippen LogP contribution in [0.5, 0.6) is 5.75 Å². The number of Topliss-reactive ketones (excluding diaryl/α,β-unsaturated/α-hetero) is 1. The van der Waals surface area contributed by atoms with Crippen LogP contribution in [0.2, 0.25) is 5.02 Å². The van der Waals surface area contributed by atoms with Gasteiger partial charge in [0.1, 0.15) is 12.6 Å². The maximum absolute atomic E-state index is 14.4. The van der Waals surface area contributed by atoms with Gasteiger partial charge in [-0.1, -0.05) is 24.6 Å². The Bertz CT molecular complexity index is 1960. The molecule has 11 nitrogen and oxygen atoms in total. The summed E-state index contributed by atoms with van der Waals surface area (Å²) in [5.41, 5.74) is -1.60. The molecule has 2 atom stereocenters. The number of non-ortho nitro benzene ring substituents is 1. The van der Waals surface area contributed by atoms with Crippen LogP contribution in [0.4, 0.5) is 28.9 Å². The summed E-state index contributed by atoms with van der Waals surface area (Å²) in [5.74, 6) is -11.6. The van der Waals surface area contributed by atoms with Crippen LogP contribution in [0.15, 0.2) is 59.5 Å². The van der Waals surface area contributed by atoms with E-state index < -0.39 is 87.8 Å². The molecule has 252 valence electrons. The summed E-state index contributed by atoms with van der Waals surface area (Å²) in [5, 5.41) is 14.4. The van der Waals surface area contributed by atoms with E-state index >= 15 is 0 Å². The maximum Gasteiger partial charge on any atom is 0.269 e. The molecule has 2 amide bonds. The van der Waals surface area contributed by atoms with Crippen molar-refractivity contribution in [2.75, 3.05) is 18.6 Å². The number of halogens is 5. The van der Waals surface area contributed by atoms with Gasteiger partial charge < -0.3 is 19.5 Å². The molecule has 1 unspecified atom stereocenters. The number of nitro benzene ring substituents is 1. The first kappa shape index (κ1) is 35.5. The predicted octanol–water partition coefficient (Wildman–Crippen LogP) is 5.57. The van der Waals surface area contributed by atoms with E-state index in [2.05, 4.69) is 5.32 Å². The highest BCUT2D eigenvalue weighted by Crippen LogP contribution is 2.30. The van der Waals surface area contributed by atoms with Crippen LogP contribution >= 0.6 is 11.6 Å². The lowest BCUT2D eigenvalue weighted by Gasteiger charge is -2.25. The minimum Gasteiger partial charge on any atom is -0.479 e. The zero-order valence-corrected chi connectivity index (χ0v) is 26.3. The van der Waals surface area contributed by atoms with Crippen molar-refractivity contribution in [3.8, 4) is 5.75 Å². The Morgan fingerprint density at radius 1 is 1.02 bits per heavy atom. The standard InChI is InChI=1S/C32H27ClF4N4O7/c1-4-23(40-12-11-17-5-6-18(33)13-21(17)32(40)45)31(44)38-22(14-25(43)39(3)19-7-9-20(10-8-19)41(46)47)24(42)15-48-30-28(36)26(34)16(2)27(35)29(30)37/h5-13,22-23H,4,14-15H2,1-3H3,(H,38,44)/t22?,23-/m0/s1. The van der Waals surface area contributed by atoms with Gasteiger partial charge in [0.2, 0.25) is 23.4 Å². The fourth-order valence-corrected chi connectivity index (χ4v) is 5.01. The molecular formula is C32H27ClF4N4O7. The lowest BCUT2D eigenvalue weighted by molar-refractivity contribution is -0.384. The fraction of sp³-hybridized carbons (Fsp3) is 0.250. The summed E-state index contributed by atoms with van der Waals surface area (Å²) in [4.78, 5) is 64.9. The van der Waals surface area contributed by atoms with Crippen LogP contribution in [-0.4, -0.2) is 46.8 Å². The van der Waals surface area contributed by atoms with E-state index in [1.807, 2.05) is 0 Å². The Morgan fingerprint density at radius 3 is 2.23 bits per heavy atom. The third kappa shape index (κ3) is 7.30. The summed E-state index contributed by atoms with van der Waals surface area (Å²) in [7, 11) is 1.29. The minimum atomic E-state index is -1.89. The molecule has 3 aromatic carbocycles. The fourth-order valence-electron chi connectivity index (χ4n) is 4.84. The molecule has 0 saturated carbocycles. The van der Waals surface area contributed by atoms with Crippen molar-refractivity contribution < 1.29 is 41.6 Å². The highest BCUT2D eigenvalue weighted by Gasteiger charge is 2.31. The van der Waals surface area contributed by atoms with Crippen LogP contribution < -0.4 is 20.5 Å². The molecule has 1 aromatic heterocycles. The number of fused-ring (bicyclic) bond motifs is 1. The second-order valence-corrected chi connectivity index (χ2v) is 11.1. The molecule has 0 radical (unpaired) electrons. The van der Waals surface area contributed by atoms with Gasteiger partial charge in [0.05, 0.1) is 17.4 Å². The Hall–Kier alpha value is -5.31. The third-order valence-corrected chi connectivity index (χ3v) is 7.86. The number of aromatic nitrogens is 1. The minimum absolute atomic E-state index is 0.0320. The van der Waals surface area contributed by atoms with Gasteiger partial charge >= 0.3 is 0 Å². The van der Waals surface area contributed by atoms with Crippen molar-refractivity contribution in [2.24, 2.45) is 0 Å². The quantitative estimate of drug-likeness (QED) is 0.0888. The van der Waals surface area contributed by atoms with Crippen LogP contribution in [0.3, 0.4) is 0 Å². The van der Waals surface area contributed by atoms with Crippen molar-refractivity contribution in [2.45, 2.75) is 38.8 Å². The molecule has 4 rings (SSSR count). The second-order valence-electron chi connectivity index (χ2n) is 10.6. The SMILES string of the molecule is CC[C@@H](C(=O)NC(CC(=O)N(C)c1ccc([N+](=O)[O-])cc1)C(=O)COc1c(F)c(F)c(C)c(F)c1F)n1ccc2ccc(Cl)cc2c1=O. The zero-order chi connectivity index (χ0) is 35.4. The number of ether oxygens (including phenoxy) is 1. The first-order valence-electron chi connectivity index (χ1n) is 14.3. The van der Waals surface area contributed by atoms with E-state index in [9.17, 15) is 46.9 Å². The van der Waals surface area contributed by atoms with Crippen molar-refractivity contribution in [1.29, 1.82) is 0 Å². The topological polar surface area (TPSA) is 141 Å². The number of rotatable bonds is 12. The zero-order valence-electron chi connectivity index (χ0n) is 25.6. The smallest absolute Gasteiger partial charge is 0.269 e. The summed E-state index contributed by atoms with van der Waals surface area (Å²) < 4.78 is 63.0. The molecule has 0 aliphatic heterocycles. The maximum atomic E-state index is 14.4. The molecule has 0 fully saturated rings. The monoisotopic (exact) mass is 690 g/mol. The van der Waals surface area contributed by atoms with Gasteiger partial charge in [0.25, 0.3) is 11.2 Å². The van der Waals surface area contributed by atoms with Crippen molar-refractivity contribution in [3.63, 3.8) is 0 Å². The highest BCUT2D eigenvalue weighted by atomic mass is 35.5. The number of hydrogen-bond acceptors (Lipinski definition) is 7. The molecule has 48 heavy (non-hydrogen) atoms. The number of carbonyl (C=O) groups excluding carboxylic acids is 3. The van der Waals surface area contributed by atoms with E-state index in [-0.39, 0.29) is 28.2 Å². The van der Waals surface area contributed by atoms with Crippen LogP contribution in [0.1, 0.15) is 31.4 Å². The number of carbonyl (C=O) groups is 3. The number of hydrogen-bond donors (Lipinski definition) is 1. The first-order valence-corrected chi connectivity index (χ1v) is 14.6. The van der Waals surface area contributed by atoms with Gasteiger partial charge in [0, 0.05) is 47.0 Å². The third-order valence-electron chi connectivity index (χ3n) is 7.63. The van der Waals surface area contributed by atoms with E-state index in [1.165, 1.54) is 31.4 Å². The largest absolute Gasteiger partial charge is 0.479 e. The average Bonchev–Trinajstić information content (AvgIpc) is 3.07. The second kappa shape index (κ2) is 14.6. The molecular weight excluding hydrogens is 664 g/mol. The van der Waals surface area contributed by atoms with Crippen molar-refractivity contribution >= 4 is 51.3 Å². The Morgan fingerprint density at radius 2 is 1.65 bits per heavy atom. The van der Waals surface area contributed by atoms with Gasteiger partial charge in [-0.25, -0.2) is 8.78 Å². The van der Waals surface area contributed by atoms with Gasteiger partial charge in [-0.05, 0) is 49.1 Å². The Labute approximate surface area is 274 Å². The van der Waals surface area contributed by atoms with Crippen LogP contribution in [-0.2, 0) is 14.4 Å². The number of nitrogens with one attached hydrogen (secondary N) is 1. The molecule has 0 spiro atoms. The van der Waals surface area contributed by atoms with Gasteiger partial charge in [0.15, 0.2) is 23.2 Å². The number of nitro groups is 1. The number of nitrogens with zero attached hydrogens (tertiary/aromatic N) is 3. The van der Waals surface area contributed by atoms with Crippen molar-refractivity contribution in [3.05, 3.63) is 109 Å². The summed E-state index contributed by atoms with van der Waals surface area (Å²) in [6.07, 6.45) is 0.637. The number of ketones is 1. The van der Waals surface area contributed by atoms with Gasteiger partial charge in [-0.15, -0.1) is 0 Å². The van der Waals surface area contributed by atoms with E-state index in [0.29, 0.717) is 5.39 Å². The molecule has 0 aliphatic carbocycles. The van der Waals surface area contributed by atoms with E-state index in [0.717, 1.165) is 28.5 Å². The van der Waals surface area contributed by atoms with E-state index in [1.54, 1.807) is 25.1 Å². The number of amides is 2. The molecule has 0 aliphatic rings. The summed E-state index contributed by atoms with van der Waals surface area (Å²) in [6.45, 7) is 1.14. The van der Waals surface area contributed by atoms with Crippen molar-refractivity contribution in [1.82, 2.24) is 9.88 Å². The predicted molar refractivity (Wildman–Crippen MR) is 167 cm³/mol. The Balaban J connectivity index is 1.64. The number of anilines is 1. The van der Waals surface area contributed by atoms with Crippen LogP contribution in [0, 0.1) is 40.3 Å². The Kier molecular flexibility index (Phi) is 10.8.